The SMILES string of the molecule is NC(Cc1c[nH]c2ccccc12)C(=O)NC(Cc1cccc(F)c1)C(=O)O. The number of benzene rings is 2. The summed E-state index contributed by atoms with van der Waals surface area (Å²) in [6, 6.07) is 11.2. The Morgan fingerprint density at radius 3 is 2.67 bits per heavy atom. The molecule has 0 bridgehead atoms. The number of rotatable bonds is 7. The fourth-order valence-electron chi connectivity index (χ4n) is 3.01. The number of para-hydroxylation sites is 1. The molecule has 2 unspecified atom stereocenters. The molecule has 7 heteroatoms. The van der Waals surface area contributed by atoms with Crippen LogP contribution in [0, 0.1) is 5.82 Å². The first-order valence-electron chi connectivity index (χ1n) is 8.52. The highest BCUT2D eigenvalue weighted by atomic mass is 19.1. The number of carboxylic acids is 1. The zero-order valence-corrected chi connectivity index (χ0v) is 14.5. The van der Waals surface area contributed by atoms with E-state index < -0.39 is 29.8 Å². The number of hydrogen-bond donors (Lipinski definition) is 4. The number of hydrogen-bond acceptors (Lipinski definition) is 3. The Morgan fingerprint density at radius 1 is 1.15 bits per heavy atom. The van der Waals surface area contributed by atoms with Gasteiger partial charge in [-0.2, -0.15) is 0 Å². The molecule has 3 rings (SSSR count). The van der Waals surface area contributed by atoms with E-state index in [2.05, 4.69) is 10.3 Å². The highest BCUT2D eigenvalue weighted by Gasteiger charge is 2.24. The largest absolute Gasteiger partial charge is 0.480 e. The number of aliphatic carboxylic acids is 1. The molecule has 140 valence electrons. The van der Waals surface area contributed by atoms with E-state index in [-0.39, 0.29) is 12.8 Å². The third kappa shape index (κ3) is 4.51. The van der Waals surface area contributed by atoms with E-state index in [1.165, 1.54) is 18.2 Å². The molecule has 2 aromatic carbocycles. The van der Waals surface area contributed by atoms with Gasteiger partial charge < -0.3 is 21.1 Å². The third-order valence-electron chi connectivity index (χ3n) is 4.39. The Bertz CT molecular complexity index is 970. The second-order valence-electron chi connectivity index (χ2n) is 6.40. The van der Waals surface area contributed by atoms with Gasteiger partial charge in [0.1, 0.15) is 11.9 Å². The molecule has 5 N–H and O–H groups in total. The second-order valence-corrected chi connectivity index (χ2v) is 6.40. The molecular formula is C20H20FN3O3. The molecule has 6 nitrogen and oxygen atoms in total. The molecule has 1 amide bonds. The summed E-state index contributed by atoms with van der Waals surface area (Å²) in [5, 5.41) is 12.8. The first kappa shape index (κ1) is 18.6. The van der Waals surface area contributed by atoms with Crippen LogP contribution < -0.4 is 11.1 Å². The minimum absolute atomic E-state index is 0.0291. The first-order chi connectivity index (χ1) is 12.9. The lowest BCUT2D eigenvalue weighted by Gasteiger charge is -2.18. The van der Waals surface area contributed by atoms with Crippen LogP contribution in [0.1, 0.15) is 11.1 Å². The summed E-state index contributed by atoms with van der Waals surface area (Å²) in [4.78, 5) is 27.0. The summed E-state index contributed by atoms with van der Waals surface area (Å²) < 4.78 is 13.3. The maximum Gasteiger partial charge on any atom is 0.326 e. The average molecular weight is 369 g/mol. The maximum absolute atomic E-state index is 13.3. The van der Waals surface area contributed by atoms with Gasteiger partial charge in [0.05, 0.1) is 6.04 Å². The number of nitrogens with two attached hydrogens (primary N) is 1. The summed E-state index contributed by atoms with van der Waals surface area (Å²) in [7, 11) is 0. The molecule has 0 fully saturated rings. The molecule has 0 saturated heterocycles. The molecule has 2 atom stereocenters. The van der Waals surface area contributed by atoms with E-state index in [4.69, 9.17) is 5.73 Å². The molecule has 0 spiro atoms. The predicted octanol–water partition coefficient (Wildman–Crippen LogP) is 1.99. The minimum atomic E-state index is -1.20. The molecule has 0 aliphatic rings. The molecule has 0 aliphatic carbocycles. The Hall–Kier alpha value is -3.19. The Labute approximate surface area is 155 Å². The van der Waals surface area contributed by atoms with E-state index >= 15 is 0 Å². The minimum Gasteiger partial charge on any atom is -0.480 e. The van der Waals surface area contributed by atoms with Crippen LogP contribution >= 0.6 is 0 Å². The van der Waals surface area contributed by atoms with Gasteiger partial charge in [0.15, 0.2) is 0 Å². The van der Waals surface area contributed by atoms with Crippen molar-refractivity contribution in [2.75, 3.05) is 0 Å². The molecule has 1 heterocycles. The second kappa shape index (κ2) is 8.01. The Morgan fingerprint density at radius 2 is 1.93 bits per heavy atom. The van der Waals surface area contributed by atoms with Crippen LogP contribution in [-0.4, -0.2) is 34.1 Å². The van der Waals surface area contributed by atoms with Gasteiger partial charge in [-0.15, -0.1) is 0 Å². The van der Waals surface area contributed by atoms with Gasteiger partial charge >= 0.3 is 5.97 Å². The fraction of sp³-hybridized carbons (Fsp3) is 0.200. The van der Waals surface area contributed by atoms with Crippen molar-refractivity contribution in [2.24, 2.45) is 5.73 Å². The quantitative estimate of drug-likeness (QED) is 0.511. The van der Waals surface area contributed by atoms with Gasteiger partial charge in [0.2, 0.25) is 5.91 Å². The zero-order valence-electron chi connectivity index (χ0n) is 14.5. The molecule has 0 aliphatic heterocycles. The number of carbonyl (C=O) groups is 2. The summed E-state index contributed by atoms with van der Waals surface area (Å²) in [6.45, 7) is 0. The van der Waals surface area contributed by atoms with E-state index in [9.17, 15) is 19.1 Å². The lowest BCUT2D eigenvalue weighted by Crippen LogP contribution is -2.50. The van der Waals surface area contributed by atoms with Crippen molar-refractivity contribution in [3.8, 4) is 0 Å². The summed E-state index contributed by atoms with van der Waals surface area (Å²) in [5.41, 5.74) is 8.29. The summed E-state index contributed by atoms with van der Waals surface area (Å²) in [6.07, 6.45) is 2.03. The van der Waals surface area contributed by atoms with Crippen molar-refractivity contribution >= 4 is 22.8 Å². The van der Waals surface area contributed by atoms with Gasteiger partial charge in [0.25, 0.3) is 0 Å². The number of amides is 1. The molecule has 27 heavy (non-hydrogen) atoms. The topological polar surface area (TPSA) is 108 Å². The highest BCUT2D eigenvalue weighted by molar-refractivity contribution is 5.88. The smallest absolute Gasteiger partial charge is 0.326 e. The number of aromatic nitrogens is 1. The average Bonchev–Trinajstić information content (AvgIpc) is 3.04. The molecule has 1 aromatic heterocycles. The van der Waals surface area contributed by atoms with E-state index in [0.717, 1.165) is 16.5 Å². The number of halogens is 1. The number of aromatic amines is 1. The fourth-order valence-corrected chi connectivity index (χ4v) is 3.01. The van der Waals surface area contributed by atoms with Crippen molar-refractivity contribution in [3.05, 3.63) is 71.7 Å². The van der Waals surface area contributed by atoms with Crippen molar-refractivity contribution in [1.82, 2.24) is 10.3 Å². The van der Waals surface area contributed by atoms with Crippen LogP contribution in [0.4, 0.5) is 4.39 Å². The van der Waals surface area contributed by atoms with Gasteiger partial charge in [-0.25, -0.2) is 9.18 Å². The molecule has 0 saturated carbocycles. The van der Waals surface area contributed by atoms with Gasteiger partial charge in [0, 0.05) is 23.5 Å². The van der Waals surface area contributed by atoms with Crippen molar-refractivity contribution < 1.29 is 19.1 Å². The van der Waals surface area contributed by atoms with Gasteiger partial charge in [-0.1, -0.05) is 30.3 Å². The van der Waals surface area contributed by atoms with Gasteiger partial charge in [-0.05, 0) is 35.7 Å². The maximum atomic E-state index is 13.3. The van der Waals surface area contributed by atoms with E-state index in [0.29, 0.717) is 5.56 Å². The van der Waals surface area contributed by atoms with Gasteiger partial charge in [-0.3, -0.25) is 4.79 Å². The predicted molar refractivity (Wildman–Crippen MR) is 99.6 cm³/mol. The lowest BCUT2D eigenvalue weighted by atomic mass is 10.0. The number of H-pyrrole nitrogens is 1. The molecule has 0 radical (unpaired) electrons. The Balaban J connectivity index is 1.67. The summed E-state index contributed by atoms with van der Waals surface area (Å²) in [5.74, 6) is -2.23. The van der Waals surface area contributed by atoms with Crippen molar-refractivity contribution in [3.63, 3.8) is 0 Å². The number of carbonyl (C=O) groups excluding carboxylic acids is 1. The van der Waals surface area contributed by atoms with Crippen LogP contribution in [0.3, 0.4) is 0 Å². The molecule has 3 aromatic rings. The van der Waals surface area contributed by atoms with Crippen LogP contribution in [0.15, 0.2) is 54.7 Å². The standard InChI is InChI=1S/C20H20FN3O3/c21-14-5-3-4-12(8-14)9-18(20(26)27)24-19(25)16(22)10-13-11-23-17-7-2-1-6-15(13)17/h1-8,11,16,18,23H,9-10,22H2,(H,24,25)(H,26,27). The number of carboxylic acid groups (broad SMARTS) is 1. The van der Waals surface area contributed by atoms with Crippen molar-refractivity contribution in [1.29, 1.82) is 0 Å². The highest BCUT2D eigenvalue weighted by Crippen LogP contribution is 2.18. The third-order valence-corrected chi connectivity index (χ3v) is 4.39. The Kier molecular flexibility index (Phi) is 5.52. The normalized spacial score (nSPS) is 13.3. The lowest BCUT2D eigenvalue weighted by molar-refractivity contribution is -0.141. The van der Waals surface area contributed by atoms with Crippen LogP contribution in [-0.2, 0) is 22.4 Å². The summed E-state index contributed by atoms with van der Waals surface area (Å²) >= 11 is 0. The first-order valence-corrected chi connectivity index (χ1v) is 8.52. The monoisotopic (exact) mass is 369 g/mol. The van der Waals surface area contributed by atoms with E-state index in [1.807, 2.05) is 24.3 Å². The van der Waals surface area contributed by atoms with Crippen molar-refractivity contribution in [2.45, 2.75) is 24.9 Å². The van der Waals surface area contributed by atoms with Crippen LogP contribution in [0.25, 0.3) is 10.9 Å². The number of nitrogens with one attached hydrogen (secondary N) is 2. The molecular weight excluding hydrogens is 349 g/mol. The van der Waals surface area contributed by atoms with Crippen LogP contribution in [0.5, 0.6) is 0 Å². The van der Waals surface area contributed by atoms with E-state index in [1.54, 1.807) is 12.3 Å². The number of fused-ring (bicyclic) bond motifs is 1. The van der Waals surface area contributed by atoms with Crippen LogP contribution in [0.2, 0.25) is 0 Å². The zero-order chi connectivity index (χ0) is 19.4.